The number of thiophene rings is 1. The Bertz CT molecular complexity index is 712. The van der Waals surface area contributed by atoms with Crippen molar-refractivity contribution < 1.29 is 4.74 Å². The molecule has 1 N–H and O–H groups in total. The van der Waals surface area contributed by atoms with Crippen molar-refractivity contribution in [1.82, 2.24) is 9.97 Å². The molecule has 0 aliphatic carbocycles. The van der Waals surface area contributed by atoms with Crippen molar-refractivity contribution >= 4 is 27.4 Å². The zero-order chi connectivity index (χ0) is 14.5. The molecule has 5 heteroatoms. The molecule has 2 aromatic heterocycles. The average Bonchev–Trinajstić information content (AvgIpc) is 2.97. The summed E-state index contributed by atoms with van der Waals surface area (Å²) in [5.74, 6) is 0.899. The number of hydrogen-bond acceptors (Lipinski definition) is 5. The Labute approximate surface area is 127 Å². The van der Waals surface area contributed by atoms with Gasteiger partial charge in [0.1, 0.15) is 17.0 Å². The first-order chi connectivity index (χ1) is 10.4. The molecular formula is C16H17N3OS. The lowest BCUT2D eigenvalue weighted by Gasteiger charge is -2.08. The molecule has 0 saturated heterocycles. The molecular weight excluding hydrogens is 282 g/mol. The second-order valence-corrected chi connectivity index (χ2v) is 5.55. The number of hydrogen-bond donors (Lipinski definition) is 1. The summed E-state index contributed by atoms with van der Waals surface area (Å²) < 4.78 is 5.07. The van der Waals surface area contributed by atoms with Crippen LogP contribution in [0.2, 0.25) is 0 Å². The Balaban J connectivity index is 1.95. The fourth-order valence-electron chi connectivity index (χ4n) is 2.26. The van der Waals surface area contributed by atoms with Crippen LogP contribution in [0, 0.1) is 0 Å². The van der Waals surface area contributed by atoms with Crippen molar-refractivity contribution in [2.75, 3.05) is 25.6 Å². The van der Waals surface area contributed by atoms with E-state index in [1.54, 1.807) is 24.8 Å². The van der Waals surface area contributed by atoms with E-state index in [0.29, 0.717) is 0 Å². The number of methoxy groups -OCH3 is 1. The van der Waals surface area contributed by atoms with E-state index in [0.717, 1.165) is 35.6 Å². The molecule has 0 unspecified atom stereocenters. The van der Waals surface area contributed by atoms with Gasteiger partial charge in [-0.3, -0.25) is 0 Å². The van der Waals surface area contributed by atoms with Gasteiger partial charge in [-0.15, -0.1) is 11.3 Å². The Hall–Kier alpha value is -1.98. The lowest BCUT2D eigenvalue weighted by atomic mass is 10.1. The van der Waals surface area contributed by atoms with Gasteiger partial charge in [0.15, 0.2) is 0 Å². The smallest absolute Gasteiger partial charge is 0.138 e. The Morgan fingerprint density at radius 2 is 2.05 bits per heavy atom. The van der Waals surface area contributed by atoms with Crippen molar-refractivity contribution in [2.45, 2.75) is 6.42 Å². The van der Waals surface area contributed by atoms with Crippen LogP contribution in [0.3, 0.4) is 0 Å². The molecule has 4 nitrogen and oxygen atoms in total. The molecule has 1 aromatic carbocycles. The maximum atomic E-state index is 5.07. The number of nitrogens with one attached hydrogen (secondary N) is 1. The van der Waals surface area contributed by atoms with Gasteiger partial charge < -0.3 is 10.1 Å². The topological polar surface area (TPSA) is 47.0 Å². The van der Waals surface area contributed by atoms with Gasteiger partial charge in [0.2, 0.25) is 0 Å². The van der Waals surface area contributed by atoms with Crippen LogP contribution in [0.1, 0.15) is 6.42 Å². The number of aromatic nitrogens is 2. The van der Waals surface area contributed by atoms with E-state index >= 15 is 0 Å². The highest BCUT2D eigenvalue weighted by molar-refractivity contribution is 7.17. The molecule has 0 atom stereocenters. The molecule has 3 rings (SSSR count). The normalized spacial score (nSPS) is 10.9. The second kappa shape index (κ2) is 6.65. The first kappa shape index (κ1) is 14.0. The largest absolute Gasteiger partial charge is 0.385 e. The van der Waals surface area contributed by atoms with E-state index in [-0.39, 0.29) is 0 Å². The van der Waals surface area contributed by atoms with Crippen LogP contribution in [-0.4, -0.2) is 30.2 Å². The first-order valence-electron chi connectivity index (χ1n) is 6.90. The fourth-order valence-corrected chi connectivity index (χ4v) is 3.18. The summed E-state index contributed by atoms with van der Waals surface area (Å²) in [6.45, 7) is 1.58. The fraction of sp³-hybridized carbons (Fsp3) is 0.250. The van der Waals surface area contributed by atoms with E-state index in [2.05, 4.69) is 32.8 Å². The monoisotopic (exact) mass is 299 g/mol. The molecule has 21 heavy (non-hydrogen) atoms. The summed E-state index contributed by atoms with van der Waals surface area (Å²) in [6.07, 6.45) is 2.57. The van der Waals surface area contributed by atoms with Crippen molar-refractivity contribution in [3.8, 4) is 11.1 Å². The van der Waals surface area contributed by atoms with Crippen LogP contribution >= 0.6 is 11.3 Å². The van der Waals surface area contributed by atoms with Crippen LogP contribution in [0.15, 0.2) is 42.0 Å². The molecule has 0 bridgehead atoms. The Kier molecular flexibility index (Phi) is 4.43. The standard InChI is InChI=1S/C16H17N3OS/c1-20-9-5-8-17-15-14-13(12-6-3-2-4-7-12)10-21-16(14)19-11-18-15/h2-4,6-7,10-11H,5,8-9H2,1H3,(H,17,18,19). The summed E-state index contributed by atoms with van der Waals surface area (Å²) in [5, 5.41) is 6.65. The van der Waals surface area contributed by atoms with Crippen molar-refractivity contribution in [1.29, 1.82) is 0 Å². The van der Waals surface area contributed by atoms with Gasteiger partial charge in [0.05, 0.1) is 5.39 Å². The van der Waals surface area contributed by atoms with Gasteiger partial charge in [0.25, 0.3) is 0 Å². The van der Waals surface area contributed by atoms with E-state index in [4.69, 9.17) is 4.74 Å². The predicted octanol–water partition coefficient (Wildman–Crippen LogP) is 3.81. The average molecular weight is 299 g/mol. The highest BCUT2D eigenvalue weighted by atomic mass is 32.1. The molecule has 108 valence electrons. The molecule has 0 fully saturated rings. The van der Waals surface area contributed by atoms with Gasteiger partial charge >= 0.3 is 0 Å². The number of benzene rings is 1. The number of anilines is 1. The summed E-state index contributed by atoms with van der Waals surface area (Å²) in [5.41, 5.74) is 2.38. The van der Waals surface area contributed by atoms with E-state index in [1.807, 2.05) is 18.2 Å². The van der Waals surface area contributed by atoms with Gasteiger partial charge in [-0.25, -0.2) is 9.97 Å². The van der Waals surface area contributed by atoms with Crippen LogP contribution in [0.4, 0.5) is 5.82 Å². The maximum Gasteiger partial charge on any atom is 0.138 e. The number of nitrogens with zero attached hydrogens (tertiary/aromatic N) is 2. The Morgan fingerprint density at radius 1 is 1.19 bits per heavy atom. The van der Waals surface area contributed by atoms with Crippen molar-refractivity contribution in [3.05, 3.63) is 42.0 Å². The molecule has 0 amide bonds. The quantitative estimate of drug-likeness (QED) is 0.703. The van der Waals surface area contributed by atoms with Crippen molar-refractivity contribution in [2.24, 2.45) is 0 Å². The minimum Gasteiger partial charge on any atom is -0.385 e. The number of fused-ring (bicyclic) bond motifs is 1. The molecule has 2 heterocycles. The maximum absolute atomic E-state index is 5.07. The van der Waals surface area contributed by atoms with Crippen LogP contribution in [0.25, 0.3) is 21.3 Å². The van der Waals surface area contributed by atoms with Crippen LogP contribution in [0.5, 0.6) is 0 Å². The zero-order valence-corrected chi connectivity index (χ0v) is 12.7. The molecule has 0 spiro atoms. The second-order valence-electron chi connectivity index (χ2n) is 4.69. The molecule has 3 aromatic rings. The molecule has 0 aliphatic rings. The Morgan fingerprint density at radius 3 is 2.86 bits per heavy atom. The highest BCUT2D eigenvalue weighted by Crippen LogP contribution is 2.36. The third kappa shape index (κ3) is 3.04. The molecule has 0 aliphatic heterocycles. The van der Waals surface area contributed by atoms with E-state index < -0.39 is 0 Å². The summed E-state index contributed by atoms with van der Waals surface area (Å²) >= 11 is 1.65. The SMILES string of the molecule is COCCCNc1ncnc2scc(-c3ccccc3)c12. The number of ether oxygens (including phenoxy) is 1. The zero-order valence-electron chi connectivity index (χ0n) is 11.9. The van der Waals surface area contributed by atoms with Crippen LogP contribution < -0.4 is 5.32 Å². The predicted molar refractivity (Wildman–Crippen MR) is 87.8 cm³/mol. The first-order valence-corrected chi connectivity index (χ1v) is 7.78. The number of rotatable bonds is 6. The van der Waals surface area contributed by atoms with Gasteiger partial charge in [-0.05, 0) is 12.0 Å². The summed E-state index contributed by atoms with van der Waals surface area (Å²) in [4.78, 5) is 9.79. The van der Waals surface area contributed by atoms with Gasteiger partial charge in [0, 0.05) is 31.2 Å². The minimum absolute atomic E-state index is 0.746. The lowest BCUT2D eigenvalue weighted by molar-refractivity contribution is 0.198. The van der Waals surface area contributed by atoms with E-state index in [9.17, 15) is 0 Å². The third-order valence-electron chi connectivity index (χ3n) is 3.27. The van der Waals surface area contributed by atoms with Gasteiger partial charge in [-0.2, -0.15) is 0 Å². The summed E-state index contributed by atoms with van der Waals surface area (Å²) in [6, 6.07) is 10.4. The summed E-state index contributed by atoms with van der Waals surface area (Å²) in [7, 11) is 1.72. The van der Waals surface area contributed by atoms with Crippen molar-refractivity contribution in [3.63, 3.8) is 0 Å². The van der Waals surface area contributed by atoms with E-state index in [1.165, 1.54) is 11.1 Å². The lowest BCUT2D eigenvalue weighted by Crippen LogP contribution is -2.06. The van der Waals surface area contributed by atoms with Gasteiger partial charge in [-0.1, -0.05) is 30.3 Å². The molecule has 0 saturated carbocycles. The van der Waals surface area contributed by atoms with Crippen LogP contribution in [-0.2, 0) is 4.74 Å². The minimum atomic E-state index is 0.746. The molecule has 0 radical (unpaired) electrons. The highest BCUT2D eigenvalue weighted by Gasteiger charge is 2.12. The third-order valence-corrected chi connectivity index (χ3v) is 4.16.